The minimum absolute atomic E-state index is 0.00847. The Balaban J connectivity index is 1.87. The number of para-hydroxylation sites is 2. The van der Waals surface area contributed by atoms with Crippen molar-refractivity contribution < 1.29 is 9.21 Å². The Morgan fingerprint density at radius 2 is 2.15 bits per heavy atom. The molecule has 20 heavy (non-hydrogen) atoms. The number of oxazole rings is 1. The van der Waals surface area contributed by atoms with Crippen LogP contribution in [0.25, 0.3) is 11.1 Å². The van der Waals surface area contributed by atoms with Crippen molar-refractivity contribution in [2.75, 3.05) is 6.54 Å². The largest absolute Gasteiger partial charge is 0.420 e. The van der Waals surface area contributed by atoms with Gasteiger partial charge in [-0.05, 0) is 38.3 Å². The van der Waals surface area contributed by atoms with E-state index in [0.29, 0.717) is 11.1 Å². The highest BCUT2D eigenvalue weighted by atomic mass is 16.4. The molecule has 1 fully saturated rings. The molecule has 1 aromatic heterocycles. The van der Waals surface area contributed by atoms with Gasteiger partial charge in [0, 0.05) is 12.6 Å². The summed E-state index contributed by atoms with van der Waals surface area (Å²) in [4.78, 5) is 26.1. The van der Waals surface area contributed by atoms with E-state index in [0.717, 1.165) is 19.4 Å². The first kappa shape index (κ1) is 13.0. The number of piperidine rings is 1. The first-order chi connectivity index (χ1) is 9.66. The van der Waals surface area contributed by atoms with Crippen LogP contribution in [0.3, 0.4) is 0 Å². The highest BCUT2D eigenvalue weighted by Crippen LogP contribution is 2.18. The van der Waals surface area contributed by atoms with Crippen LogP contribution in [-0.4, -0.2) is 28.0 Å². The van der Waals surface area contributed by atoms with Crippen LogP contribution in [0, 0.1) is 0 Å². The van der Waals surface area contributed by atoms with Gasteiger partial charge in [-0.15, -0.1) is 0 Å². The van der Waals surface area contributed by atoms with Crippen LogP contribution >= 0.6 is 0 Å². The van der Waals surface area contributed by atoms with Crippen molar-refractivity contribution in [1.82, 2.24) is 9.47 Å². The lowest BCUT2D eigenvalue weighted by Gasteiger charge is -2.33. The van der Waals surface area contributed by atoms with Crippen LogP contribution in [0.1, 0.15) is 26.2 Å². The molecule has 2 aromatic rings. The second-order valence-electron chi connectivity index (χ2n) is 5.35. The van der Waals surface area contributed by atoms with Gasteiger partial charge in [0.25, 0.3) is 0 Å². The Hall–Kier alpha value is -2.04. The molecule has 0 aliphatic carbocycles. The van der Waals surface area contributed by atoms with Crippen molar-refractivity contribution in [2.24, 2.45) is 0 Å². The lowest BCUT2D eigenvalue weighted by atomic mass is 10.0. The normalized spacial score (nSPS) is 19.4. The molecular formula is C15H18N2O3. The fourth-order valence-corrected chi connectivity index (χ4v) is 2.86. The molecule has 3 rings (SSSR count). The van der Waals surface area contributed by atoms with E-state index in [1.54, 1.807) is 12.1 Å². The summed E-state index contributed by atoms with van der Waals surface area (Å²) >= 11 is 0. The summed E-state index contributed by atoms with van der Waals surface area (Å²) in [5, 5.41) is 0. The third-order valence-electron chi connectivity index (χ3n) is 3.99. The number of amides is 1. The van der Waals surface area contributed by atoms with Gasteiger partial charge in [-0.3, -0.25) is 9.36 Å². The summed E-state index contributed by atoms with van der Waals surface area (Å²) in [6.07, 6.45) is 3.24. The second-order valence-corrected chi connectivity index (χ2v) is 5.35. The van der Waals surface area contributed by atoms with Gasteiger partial charge in [0.2, 0.25) is 5.91 Å². The summed E-state index contributed by atoms with van der Waals surface area (Å²) in [6.45, 7) is 2.90. The van der Waals surface area contributed by atoms with Crippen LogP contribution < -0.4 is 5.76 Å². The number of fused-ring (bicyclic) bond motifs is 1. The minimum atomic E-state index is -0.468. The molecule has 1 amide bonds. The molecule has 0 unspecified atom stereocenters. The molecule has 0 radical (unpaired) electrons. The number of hydrogen-bond acceptors (Lipinski definition) is 3. The van der Waals surface area contributed by atoms with Gasteiger partial charge >= 0.3 is 5.76 Å². The Morgan fingerprint density at radius 3 is 2.95 bits per heavy atom. The predicted molar refractivity (Wildman–Crippen MR) is 75.5 cm³/mol. The first-order valence-corrected chi connectivity index (χ1v) is 7.04. The lowest BCUT2D eigenvalue weighted by Crippen LogP contribution is -2.44. The zero-order valence-electron chi connectivity index (χ0n) is 11.5. The molecular weight excluding hydrogens is 256 g/mol. The van der Waals surface area contributed by atoms with Gasteiger partial charge in [-0.2, -0.15) is 0 Å². The summed E-state index contributed by atoms with van der Waals surface area (Å²) in [6, 6.07) is 7.44. The SMILES string of the molecule is C[C@@H]1CCCCN1C(=O)Cn1c(=O)oc2ccccc21. The van der Waals surface area contributed by atoms with Gasteiger partial charge in [0.1, 0.15) is 6.54 Å². The summed E-state index contributed by atoms with van der Waals surface area (Å²) < 4.78 is 6.57. The topological polar surface area (TPSA) is 55.5 Å². The van der Waals surface area contributed by atoms with E-state index < -0.39 is 5.76 Å². The average Bonchev–Trinajstić information content (AvgIpc) is 2.76. The molecule has 0 N–H and O–H groups in total. The van der Waals surface area contributed by atoms with Crippen molar-refractivity contribution in [3.8, 4) is 0 Å². The quantitative estimate of drug-likeness (QED) is 0.841. The number of aromatic nitrogens is 1. The predicted octanol–water partition coefficient (Wildman–Crippen LogP) is 2.00. The lowest BCUT2D eigenvalue weighted by molar-refractivity contribution is -0.135. The maximum absolute atomic E-state index is 12.4. The van der Waals surface area contributed by atoms with Crippen molar-refractivity contribution in [3.05, 3.63) is 34.8 Å². The highest BCUT2D eigenvalue weighted by molar-refractivity contribution is 5.79. The molecule has 2 heterocycles. The molecule has 5 heteroatoms. The smallest absolute Gasteiger partial charge is 0.408 e. The number of rotatable bonds is 2. The molecule has 0 saturated carbocycles. The molecule has 1 aromatic carbocycles. The van der Waals surface area contributed by atoms with Crippen LogP contribution in [-0.2, 0) is 11.3 Å². The van der Waals surface area contributed by atoms with E-state index in [1.165, 1.54) is 11.0 Å². The maximum Gasteiger partial charge on any atom is 0.420 e. The number of hydrogen-bond donors (Lipinski definition) is 0. The van der Waals surface area contributed by atoms with E-state index in [4.69, 9.17) is 4.42 Å². The zero-order chi connectivity index (χ0) is 14.1. The van der Waals surface area contributed by atoms with Crippen LogP contribution in [0.15, 0.2) is 33.5 Å². The number of carbonyl (C=O) groups is 1. The third-order valence-corrected chi connectivity index (χ3v) is 3.99. The maximum atomic E-state index is 12.4. The molecule has 1 aliphatic rings. The van der Waals surface area contributed by atoms with Gasteiger partial charge in [0.15, 0.2) is 5.58 Å². The number of nitrogens with zero attached hydrogens (tertiary/aromatic N) is 2. The van der Waals surface area contributed by atoms with Crippen LogP contribution in [0.2, 0.25) is 0 Å². The molecule has 0 bridgehead atoms. The standard InChI is InChI=1S/C15H18N2O3/c1-11-6-4-5-9-16(11)14(18)10-17-12-7-2-3-8-13(12)20-15(17)19/h2-3,7-8,11H,4-6,9-10H2,1H3/t11-/m1/s1. The van der Waals surface area contributed by atoms with Crippen molar-refractivity contribution in [2.45, 2.75) is 38.8 Å². The number of benzene rings is 1. The van der Waals surface area contributed by atoms with E-state index in [1.807, 2.05) is 17.0 Å². The Morgan fingerprint density at radius 1 is 1.35 bits per heavy atom. The Labute approximate surface area is 116 Å². The molecule has 106 valence electrons. The van der Waals surface area contributed by atoms with E-state index in [9.17, 15) is 9.59 Å². The van der Waals surface area contributed by atoms with E-state index in [-0.39, 0.29) is 18.5 Å². The van der Waals surface area contributed by atoms with Gasteiger partial charge in [0.05, 0.1) is 5.52 Å². The van der Waals surface area contributed by atoms with Crippen molar-refractivity contribution in [1.29, 1.82) is 0 Å². The molecule has 1 saturated heterocycles. The number of carbonyl (C=O) groups excluding carboxylic acids is 1. The molecule has 1 atom stereocenters. The Kier molecular flexibility index (Phi) is 3.34. The summed E-state index contributed by atoms with van der Waals surface area (Å²) in [5.41, 5.74) is 1.20. The second kappa shape index (κ2) is 5.15. The van der Waals surface area contributed by atoms with E-state index >= 15 is 0 Å². The summed E-state index contributed by atoms with van der Waals surface area (Å²) in [5.74, 6) is -0.477. The molecule has 0 spiro atoms. The van der Waals surface area contributed by atoms with E-state index in [2.05, 4.69) is 6.92 Å². The monoisotopic (exact) mass is 274 g/mol. The molecule has 1 aliphatic heterocycles. The van der Waals surface area contributed by atoms with Gasteiger partial charge < -0.3 is 9.32 Å². The minimum Gasteiger partial charge on any atom is -0.408 e. The fraction of sp³-hybridized carbons (Fsp3) is 0.467. The van der Waals surface area contributed by atoms with Crippen LogP contribution in [0.5, 0.6) is 0 Å². The van der Waals surface area contributed by atoms with Gasteiger partial charge in [-0.1, -0.05) is 12.1 Å². The fourth-order valence-electron chi connectivity index (χ4n) is 2.86. The Bertz CT molecular complexity index is 686. The van der Waals surface area contributed by atoms with Crippen molar-refractivity contribution in [3.63, 3.8) is 0 Å². The summed E-state index contributed by atoms with van der Waals surface area (Å²) in [7, 11) is 0. The zero-order valence-corrected chi connectivity index (χ0v) is 11.5. The highest BCUT2D eigenvalue weighted by Gasteiger charge is 2.24. The van der Waals surface area contributed by atoms with Gasteiger partial charge in [-0.25, -0.2) is 4.79 Å². The first-order valence-electron chi connectivity index (χ1n) is 7.04. The van der Waals surface area contributed by atoms with Crippen molar-refractivity contribution >= 4 is 17.0 Å². The number of likely N-dealkylation sites (tertiary alicyclic amines) is 1. The third kappa shape index (κ3) is 2.24. The van der Waals surface area contributed by atoms with Crippen LogP contribution in [0.4, 0.5) is 0 Å². The molecule has 5 nitrogen and oxygen atoms in total. The average molecular weight is 274 g/mol.